The summed E-state index contributed by atoms with van der Waals surface area (Å²) in [6.45, 7) is 6.30. The van der Waals surface area contributed by atoms with Crippen LogP contribution in [0.2, 0.25) is 0 Å². The molecule has 0 aliphatic rings. The molecule has 0 spiro atoms. The maximum atomic E-state index is 8.71. The van der Waals surface area contributed by atoms with Crippen molar-refractivity contribution in [1.82, 2.24) is 14.6 Å². The summed E-state index contributed by atoms with van der Waals surface area (Å²) in [5.74, 6) is 0. The average molecular weight is 200 g/mol. The zero-order chi connectivity index (χ0) is 11.1. The lowest BCUT2D eigenvalue weighted by Gasteiger charge is -2.16. The van der Waals surface area contributed by atoms with Gasteiger partial charge >= 0.3 is 0 Å². The molecule has 0 bridgehead atoms. The lowest BCUT2D eigenvalue weighted by molar-refractivity contribution is 0.554. The minimum absolute atomic E-state index is 0.00522. The van der Waals surface area contributed by atoms with Crippen molar-refractivity contribution in [3.8, 4) is 6.07 Å². The second-order valence-electron chi connectivity index (χ2n) is 4.51. The molecule has 15 heavy (non-hydrogen) atoms. The zero-order valence-electron chi connectivity index (χ0n) is 9.02. The van der Waals surface area contributed by atoms with Crippen LogP contribution in [0.5, 0.6) is 0 Å². The quantitative estimate of drug-likeness (QED) is 0.652. The normalized spacial score (nSPS) is 11.6. The topological polar surface area (TPSA) is 54.0 Å². The molecule has 2 rings (SSSR count). The third-order valence-corrected chi connectivity index (χ3v) is 2.20. The van der Waals surface area contributed by atoms with Crippen LogP contribution in [0, 0.1) is 11.3 Å². The van der Waals surface area contributed by atoms with Gasteiger partial charge in [0.05, 0.1) is 11.9 Å². The maximum absolute atomic E-state index is 8.71. The summed E-state index contributed by atoms with van der Waals surface area (Å²) in [4.78, 5) is 4.09. The van der Waals surface area contributed by atoms with E-state index >= 15 is 0 Å². The molecule has 4 heteroatoms. The molecule has 0 saturated carbocycles. The molecule has 0 aliphatic heterocycles. The number of nitrogens with zero attached hydrogens (tertiary/aromatic N) is 4. The second-order valence-corrected chi connectivity index (χ2v) is 4.51. The number of hydrogen-bond acceptors (Lipinski definition) is 3. The Bertz CT molecular complexity index is 540. The van der Waals surface area contributed by atoms with Crippen molar-refractivity contribution in [3.63, 3.8) is 0 Å². The second kappa shape index (κ2) is 3.06. The molecule has 4 nitrogen and oxygen atoms in total. The molecule has 76 valence electrons. The number of fused-ring (bicyclic) bond motifs is 1. The summed E-state index contributed by atoms with van der Waals surface area (Å²) in [6.07, 6.45) is 1.64. The third-order valence-electron chi connectivity index (χ3n) is 2.20. The molecular weight excluding hydrogens is 188 g/mol. The first-order valence-corrected chi connectivity index (χ1v) is 4.78. The van der Waals surface area contributed by atoms with Gasteiger partial charge in [0, 0.05) is 5.41 Å². The fraction of sp³-hybridized carbons (Fsp3) is 0.364. The van der Waals surface area contributed by atoms with E-state index in [1.165, 1.54) is 0 Å². The average Bonchev–Trinajstić information content (AvgIpc) is 2.57. The molecule has 0 aromatic carbocycles. The fourth-order valence-corrected chi connectivity index (χ4v) is 1.34. The van der Waals surface area contributed by atoms with Crippen molar-refractivity contribution in [2.24, 2.45) is 0 Å². The number of hydrogen-bond donors (Lipinski definition) is 0. The Labute approximate surface area is 88.2 Å². The smallest absolute Gasteiger partial charge is 0.161 e. The summed E-state index contributed by atoms with van der Waals surface area (Å²) in [5, 5.41) is 13.1. The molecule has 0 radical (unpaired) electrons. The molecule has 2 heterocycles. The van der Waals surface area contributed by atoms with Crippen molar-refractivity contribution < 1.29 is 0 Å². The Balaban J connectivity index is 2.62. The SMILES string of the molecule is CC(C)(C)c1ccc2nc(C#N)cn2n1. The number of aromatic nitrogens is 3. The van der Waals surface area contributed by atoms with Crippen LogP contribution < -0.4 is 0 Å². The predicted molar refractivity (Wildman–Crippen MR) is 56.4 cm³/mol. The maximum Gasteiger partial charge on any atom is 0.161 e. The van der Waals surface area contributed by atoms with E-state index in [2.05, 4.69) is 30.9 Å². The van der Waals surface area contributed by atoms with Gasteiger partial charge in [-0.2, -0.15) is 10.4 Å². The van der Waals surface area contributed by atoms with Gasteiger partial charge in [0.15, 0.2) is 11.3 Å². The van der Waals surface area contributed by atoms with Gasteiger partial charge < -0.3 is 0 Å². The van der Waals surface area contributed by atoms with Crippen molar-refractivity contribution in [3.05, 3.63) is 29.7 Å². The van der Waals surface area contributed by atoms with Crippen LogP contribution in [-0.4, -0.2) is 14.6 Å². The molecule has 0 amide bonds. The van der Waals surface area contributed by atoms with Crippen molar-refractivity contribution in [2.75, 3.05) is 0 Å². The first kappa shape index (κ1) is 9.66. The zero-order valence-corrected chi connectivity index (χ0v) is 9.02. The van der Waals surface area contributed by atoms with Crippen molar-refractivity contribution >= 4 is 5.65 Å². The van der Waals surface area contributed by atoms with E-state index in [0.29, 0.717) is 11.3 Å². The Hall–Kier alpha value is -1.89. The van der Waals surface area contributed by atoms with Gasteiger partial charge in [-0.05, 0) is 12.1 Å². The predicted octanol–water partition coefficient (Wildman–Crippen LogP) is 1.90. The van der Waals surface area contributed by atoms with E-state index in [4.69, 9.17) is 5.26 Å². The molecule has 0 unspecified atom stereocenters. The Morgan fingerprint density at radius 1 is 1.33 bits per heavy atom. The molecule has 2 aromatic rings. The van der Waals surface area contributed by atoms with Crippen LogP contribution in [0.15, 0.2) is 18.3 Å². The summed E-state index contributed by atoms with van der Waals surface area (Å²) in [6, 6.07) is 5.83. The minimum atomic E-state index is 0.00522. The molecular formula is C11H12N4. The van der Waals surface area contributed by atoms with Crippen LogP contribution in [0.1, 0.15) is 32.2 Å². The highest BCUT2D eigenvalue weighted by atomic mass is 15.2. The number of imidazole rings is 1. The highest BCUT2D eigenvalue weighted by molar-refractivity contribution is 5.41. The third kappa shape index (κ3) is 1.68. The van der Waals surface area contributed by atoms with Gasteiger partial charge in [-0.15, -0.1) is 0 Å². The lowest BCUT2D eigenvalue weighted by atomic mass is 9.92. The molecule has 0 saturated heterocycles. The highest BCUT2D eigenvalue weighted by Crippen LogP contribution is 2.19. The van der Waals surface area contributed by atoms with Crippen LogP contribution >= 0.6 is 0 Å². The molecule has 0 fully saturated rings. The highest BCUT2D eigenvalue weighted by Gasteiger charge is 2.16. The van der Waals surface area contributed by atoms with Gasteiger partial charge in [-0.1, -0.05) is 20.8 Å². The van der Waals surface area contributed by atoms with Crippen molar-refractivity contribution in [1.29, 1.82) is 5.26 Å². The van der Waals surface area contributed by atoms with E-state index in [1.807, 2.05) is 18.2 Å². The first-order valence-electron chi connectivity index (χ1n) is 4.78. The fourth-order valence-electron chi connectivity index (χ4n) is 1.34. The summed E-state index contributed by atoms with van der Waals surface area (Å²) < 4.78 is 1.65. The standard InChI is InChI=1S/C11H12N4/c1-11(2,3)9-4-5-10-13-8(6-12)7-15(10)14-9/h4-5,7H,1-3H3. The van der Waals surface area contributed by atoms with E-state index in [0.717, 1.165) is 5.69 Å². The summed E-state index contributed by atoms with van der Waals surface area (Å²) in [5.41, 5.74) is 2.09. The summed E-state index contributed by atoms with van der Waals surface area (Å²) in [7, 11) is 0. The molecule has 2 aromatic heterocycles. The minimum Gasteiger partial charge on any atom is -0.219 e. The van der Waals surface area contributed by atoms with Crippen LogP contribution in [0.4, 0.5) is 0 Å². The molecule has 0 atom stereocenters. The summed E-state index contributed by atoms with van der Waals surface area (Å²) >= 11 is 0. The van der Waals surface area contributed by atoms with Crippen LogP contribution in [-0.2, 0) is 5.41 Å². The lowest BCUT2D eigenvalue weighted by Crippen LogP contribution is -2.15. The number of nitriles is 1. The Kier molecular flexibility index (Phi) is 1.97. The van der Waals surface area contributed by atoms with E-state index in [1.54, 1.807) is 10.7 Å². The van der Waals surface area contributed by atoms with Gasteiger partial charge in [-0.25, -0.2) is 9.50 Å². The van der Waals surface area contributed by atoms with E-state index in [-0.39, 0.29) is 5.41 Å². The van der Waals surface area contributed by atoms with Gasteiger partial charge in [0.2, 0.25) is 0 Å². The van der Waals surface area contributed by atoms with Gasteiger partial charge in [-0.3, -0.25) is 0 Å². The van der Waals surface area contributed by atoms with Gasteiger partial charge in [0.25, 0.3) is 0 Å². The van der Waals surface area contributed by atoms with Crippen LogP contribution in [0.3, 0.4) is 0 Å². The number of rotatable bonds is 0. The Morgan fingerprint density at radius 2 is 2.07 bits per heavy atom. The monoisotopic (exact) mass is 200 g/mol. The van der Waals surface area contributed by atoms with E-state index in [9.17, 15) is 0 Å². The van der Waals surface area contributed by atoms with E-state index < -0.39 is 0 Å². The largest absolute Gasteiger partial charge is 0.219 e. The molecule has 0 N–H and O–H groups in total. The van der Waals surface area contributed by atoms with Gasteiger partial charge in [0.1, 0.15) is 6.07 Å². The molecule has 0 aliphatic carbocycles. The first-order chi connectivity index (χ1) is 7.00. The Morgan fingerprint density at radius 3 is 2.67 bits per heavy atom. The van der Waals surface area contributed by atoms with Crippen LogP contribution in [0.25, 0.3) is 5.65 Å². The van der Waals surface area contributed by atoms with Crippen molar-refractivity contribution in [2.45, 2.75) is 26.2 Å².